The van der Waals surface area contributed by atoms with E-state index < -0.39 is 5.82 Å². The zero-order valence-corrected chi connectivity index (χ0v) is 12.5. The topological polar surface area (TPSA) is 67.3 Å². The van der Waals surface area contributed by atoms with Gasteiger partial charge in [-0.3, -0.25) is 0 Å². The molecule has 2 rings (SSSR count). The van der Waals surface area contributed by atoms with Gasteiger partial charge >= 0.3 is 0 Å². The Kier molecular flexibility index (Phi) is 4.51. The molecule has 5 nitrogen and oxygen atoms in total. The van der Waals surface area contributed by atoms with Gasteiger partial charge in [-0.05, 0) is 28.1 Å². The molecule has 20 heavy (non-hydrogen) atoms. The Bertz CT molecular complexity index is 617. The van der Waals surface area contributed by atoms with Gasteiger partial charge in [0.1, 0.15) is 17.4 Å². The number of aromatic hydroxyl groups is 1. The summed E-state index contributed by atoms with van der Waals surface area (Å²) in [5.41, 5.74) is 1.02. The van der Waals surface area contributed by atoms with Gasteiger partial charge in [-0.1, -0.05) is 0 Å². The fourth-order valence-corrected chi connectivity index (χ4v) is 2.21. The monoisotopic (exact) mass is 341 g/mol. The second-order valence-electron chi connectivity index (χ2n) is 4.04. The normalized spacial score (nSPS) is 10.6. The molecule has 1 aromatic heterocycles. The molecule has 0 amide bonds. The number of methoxy groups -OCH3 is 1. The zero-order chi connectivity index (χ0) is 14.7. The maximum absolute atomic E-state index is 13.4. The Hall–Kier alpha value is -1.73. The molecule has 2 N–H and O–H groups in total. The molecule has 2 aromatic rings. The van der Waals surface area contributed by atoms with Crippen LogP contribution in [0.4, 0.5) is 10.2 Å². The van der Waals surface area contributed by atoms with Gasteiger partial charge in [0, 0.05) is 25.8 Å². The number of aromatic nitrogens is 2. The molecular weight excluding hydrogens is 329 g/mol. The number of benzene rings is 1. The van der Waals surface area contributed by atoms with Crippen LogP contribution >= 0.6 is 15.9 Å². The molecule has 0 saturated heterocycles. The first-order valence-corrected chi connectivity index (χ1v) is 6.57. The summed E-state index contributed by atoms with van der Waals surface area (Å²) in [6.07, 6.45) is 0. The van der Waals surface area contributed by atoms with E-state index in [9.17, 15) is 9.50 Å². The summed E-state index contributed by atoms with van der Waals surface area (Å²) in [5.74, 6) is 0.141. The van der Waals surface area contributed by atoms with E-state index in [0.717, 1.165) is 6.07 Å². The van der Waals surface area contributed by atoms with Crippen LogP contribution in [0.25, 0.3) is 11.4 Å². The molecule has 1 heterocycles. The maximum atomic E-state index is 13.4. The highest BCUT2D eigenvalue weighted by molar-refractivity contribution is 9.10. The van der Waals surface area contributed by atoms with Crippen molar-refractivity contribution < 1.29 is 14.2 Å². The van der Waals surface area contributed by atoms with Gasteiger partial charge in [-0.2, -0.15) is 0 Å². The van der Waals surface area contributed by atoms with Crippen LogP contribution in [0, 0.1) is 5.82 Å². The molecule has 0 unspecified atom stereocenters. The highest BCUT2D eigenvalue weighted by Gasteiger charge is 2.13. The number of anilines is 1. The van der Waals surface area contributed by atoms with Crippen LogP contribution in [0.15, 0.2) is 22.7 Å². The molecule has 0 bridgehead atoms. The Labute approximate surface area is 124 Å². The fourth-order valence-electron chi connectivity index (χ4n) is 1.72. The third kappa shape index (κ3) is 3.05. The Morgan fingerprint density at radius 1 is 1.35 bits per heavy atom. The summed E-state index contributed by atoms with van der Waals surface area (Å²) < 4.78 is 19.1. The lowest BCUT2D eigenvalue weighted by Gasteiger charge is -2.11. The number of phenols is 1. The zero-order valence-electron chi connectivity index (χ0n) is 10.9. The van der Waals surface area contributed by atoms with Crippen molar-refractivity contribution in [1.82, 2.24) is 9.97 Å². The molecule has 0 aliphatic heterocycles. The van der Waals surface area contributed by atoms with Crippen LogP contribution < -0.4 is 5.32 Å². The van der Waals surface area contributed by atoms with E-state index in [1.165, 1.54) is 12.1 Å². The minimum absolute atomic E-state index is 0.175. The Balaban J connectivity index is 2.58. The molecule has 0 spiro atoms. The predicted molar refractivity (Wildman–Crippen MR) is 77.1 cm³/mol. The molecule has 0 fully saturated rings. The molecule has 0 radical (unpaired) electrons. The Morgan fingerprint density at radius 2 is 2.10 bits per heavy atom. The van der Waals surface area contributed by atoms with Crippen LogP contribution in [0.1, 0.15) is 5.69 Å². The maximum Gasteiger partial charge on any atom is 0.162 e. The van der Waals surface area contributed by atoms with Gasteiger partial charge in [-0.15, -0.1) is 0 Å². The van der Waals surface area contributed by atoms with Gasteiger partial charge < -0.3 is 15.2 Å². The van der Waals surface area contributed by atoms with Crippen molar-refractivity contribution in [2.45, 2.75) is 6.61 Å². The number of rotatable bonds is 4. The lowest BCUT2D eigenvalue weighted by atomic mass is 10.2. The number of nitrogens with one attached hydrogen (secondary N) is 1. The SMILES string of the molecule is CNc1nc(-c2cc(O)cc(F)c2)nc(COC)c1Br. The third-order valence-corrected chi connectivity index (χ3v) is 3.41. The van der Waals surface area contributed by atoms with Gasteiger partial charge in [0.2, 0.25) is 0 Å². The summed E-state index contributed by atoms with van der Waals surface area (Å²) >= 11 is 3.39. The van der Waals surface area contributed by atoms with Crippen molar-refractivity contribution in [3.8, 4) is 17.1 Å². The highest BCUT2D eigenvalue weighted by Crippen LogP contribution is 2.29. The van der Waals surface area contributed by atoms with E-state index in [-0.39, 0.29) is 12.4 Å². The van der Waals surface area contributed by atoms with E-state index >= 15 is 0 Å². The van der Waals surface area contributed by atoms with Crippen LogP contribution in [0.3, 0.4) is 0 Å². The van der Waals surface area contributed by atoms with Crippen molar-refractivity contribution in [2.75, 3.05) is 19.5 Å². The molecule has 0 aliphatic rings. The molecule has 7 heteroatoms. The largest absolute Gasteiger partial charge is 0.508 e. The number of ether oxygens (including phenoxy) is 1. The molecular formula is C13H13BrFN3O2. The van der Waals surface area contributed by atoms with Gasteiger partial charge in [-0.25, -0.2) is 14.4 Å². The first kappa shape index (κ1) is 14.7. The van der Waals surface area contributed by atoms with E-state index in [1.807, 2.05) is 0 Å². The minimum Gasteiger partial charge on any atom is -0.508 e. The highest BCUT2D eigenvalue weighted by atomic mass is 79.9. The second-order valence-corrected chi connectivity index (χ2v) is 4.83. The van der Waals surface area contributed by atoms with Crippen LogP contribution in [-0.2, 0) is 11.3 Å². The minimum atomic E-state index is -0.550. The quantitative estimate of drug-likeness (QED) is 0.894. The van der Waals surface area contributed by atoms with Gasteiger partial charge in [0.15, 0.2) is 5.82 Å². The lowest BCUT2D eigenvalue weighted by molar-refractivity contribution is 0.181. The second kappa shape index (κ2) is 6.15. The van der Waals surface area contributed by atoms with Crippen molar-refractivity contribution >= 4 is 21.7 Å². The molecule has 0 saturated carbocycles. The summed E-state index contributed by atoms with van der Waals surface area (Å²) in [6, 6.07) is 3.69. The summed E-state index contributed by atoms with van der Waals surface area (Å²) in [5, 5.41) is 12.4. The molecule has 106 valence electrons. The van der Waals surface area contributed by atoms with E-state index in [2.05, 4.69) is 31.2 Å². The average molecular weight is 342 g/mol. The van der Waals surface area contributed by atoms with Crippen molar-refractivity contribution in [3.63, 3.8) is 0 Å². The number of hydrogen-bond donors (Lipinski definition) is 2. The summed E-state index contributed by atoms with van der Waals surface area (Å²) in [7, 11) is 3.28. The van der Waals surface area contributed by atoms with Gasteiger partial charge in [0.25, 0.3) is 0 Å². The number of phenolic OH excluding ortho intramolecular Hbond substituents is 1. The van der Waals surface area contributed by atoms with E-state index in [0.29, 0.717) is 27.4 Å². The summed E-state index contributed by atoms with van der Waals surface area (Å²) in [6.45, 7) is 0.284. The van der Waals surface area contributed by atoms with Crippen LogP contribution in [0.2, 0.25) is 0 Å². The molecule has 0 aliphatic carbocycles. The number of halogens is 2. The first-order chi connectivity index (χ1) is 9.55. The van der Waals surface area contributed by atoms with Crippen LogP contribution in [0.5, 0.6) is 5.75 Å². The van der Waals surface area contributed by atoms with Gasteiger partial charge in [0.05, 0.1) is 16.8 Å². The predicted octanol–water partition coefficient (Wildman–Crippen LogP) is 2.94. The van der Waals surface area contributed by atoms with Crippen molar-refractivity contribution in [3.05, 3.63) is 34.2 Å². The van der Waals surface area contributed by atoms with E-state index in [1.54, 1.807) is 14.2 Å². The lowest BCUT2D eigenvalue weighted by Crippen LogP contribution is -2.04. The fraction of sp³-hybridized carbons (Fsp3) is 0.231. The van der Waals surface area contributed by atoms with Crippen molar-refractivity contribution in [2.24, 2.45) is 0 Å². The number of hydrogen-bond acceptors (Lipinski definition) is 5. The van der Waals surface area contributed by atoms with Crippen LogP contribution in [-0.4, -0.2) is 29.2 Å². The average Bonchev–Trinajstić information content (AvgIpc) is 2.40. The number of nitrogens with zero attached hydrogens (tertiary/aromatic N) is 2. The van der Waals surface area contributed by atoms with Crippen molar-refractivity contribution in [1.29, 1.82) is 0 Å². The molecule has 0 atom stereocenters. The third-order valence-electron chi connectivity index (χ3n) is 2.58. The smallest absolute Gasteiger partial charge is 0.162 e. The molecule has 1 aromatic carbocycles. The van der Waals surface area contributed by atoms with E-state index in [4.69, 9.17) is 4.74 Å². The standard InChI is InChI=1S/C13H13BrFN3O2/c1-16-13-11(14)10(6-20-2)17-12(18-13)7-3-8(15)5-9(19)4-7/h3-5,19H,6H2,1-2H3,(H,16,17,18). The Morgan fingerprint density at radius 3 is 2.70 bits per heavy atom. The first-order valence-electron chi connectivity index (χ1n) is 5.78. The summed E-state index contributed by atoms with van der Waals surface area (Å²) in [4.78, 5) is 8.61.